The van der Waals surface area contributed by atoms with Crippen molar-refractivity contribution in [2.24, 2.45) is 5.92 Å². The number of fused-ring (bicyclic) bond motifs is 4. The lowest BCUT2D eigenvalue weighted by atomic mass is 9.96. The van der Waals surface area contributed by atoms with Crippen LogP contribution in [0.1, 0.15) is 18.4 Å². The molecular formula is C18H20ClN5O2. The van der Waals surface area contributed by atoms with Crippen LogP contribution < -0.4 is 10.6 Å². The predicted molar refractivity (Wildman–Crippen MR) is 98.0 cm³/mol. The summed E-state index contributed by atoms with van der Waals surface area (Å²) in [5.41, 5.74) is 1.04. The molecule has 26 heavy (non-hydrogen) atoms. The number of hydrogen-bond acceptors (Lipinski definition) is 3. The highest BCUT2D eigenvalue weighted by Gasteiger charge is 2.36. The molecule has 0 aliphatic carbocycles. The number of benzene rings is 1. The maximum absolute atomic E-state index is 12.7. The molecule has 2 aromatic rings. The summed E-state index contributed by atoms with van der Waals surface area (Å²) in [5, 5.41) is 10.9. The van der Waals surface area contributed by atoms with Gasteiger partial charge in [0.25, 0.3) is 0 Å². The first-order valence-corrected chi connectivity index (χ1v) is 9.09. The van der Waals surface area contributed by atoms with Gasteiger partial charge in [-0.2, -0.15) is 5.10 Å². The number of hydrogen-bond donors (Lipinski definition) is 2. The minimum Gasteiger partial charge on any atom is -0.351 e. The van der Waals surface area contributed by atoms with Gasteiger partial charge < -0.3 is 10.2 Å². The van der Waals surface area contributed by atoms with Gasteiger partial charge in [-0.25, -0.2) is 9.48 Å². The van der Waals surface area contributed by atoms with E-state index in [9.17, 15) is 9.59 Å². The Kier molecular flexibility index (Phi) is 4.55. The summed E-state index contributed by atoms with van der Waals surface area (Å²) in [7, 11) is 0. The summed E-state index contributed by atoms with van der Waals surface area (Å²) in [4.78, 5) is 26.4. The zero-order valence-electron chi connectivity index (χ0n) is 14.2. The van der Waals surface area contributed by atoms with Crippen LogP contribution in [0.2, 0.25) is 5.02 Å². The molecule has 2 atom stereocenters. The molecule has 3 aliphatic rings. The number of amides is 3. The molecule has 0 spiro atoms. The van der Waals surface area contributed by atoms with Crippen molar-refractivity contribution in [3.63, 3.8) is 0 Å². The third kappa shape index (κ3) is 3.53. The molecule has 3 aliphatic heterocycles. The van der Waals surface area contributed by atoms with Gasteiger partial charge in [0.2, 0.25) is 5.91 Å². The van der Waals surface area contributed by atoms with E-state index >= 15 is 0 Å². The van der Waals surface area contributed by atoms with E-state index in [4.69, 9.17) is 11.6 Å². The number of nitrogens with zero attached hydrogens (tertiary/aromatic N) is 3. The lowest BCUT2D eigenvalue weighted by Gasteiger charge is -2.23. The summed E-state index contributed by atoms with van der Waals surface area (Å²) in [5.74, 6) is 0.573. The molecule has 3 amide bonds. The molecule has 2 N–H and O–H groups in total. The molecule has 3 fully saturated rings. The van der Waals surface area contributed by atoms with Crippen LogP contribution >= 0.6 is 11.6 Å². The lowest BCUT2D eigenvalue weighted by Crippen LogP contribution is -2.44. The summed E-state index contributed by atoms with van der Waals surface area (Å²) >= 11 is 5.92. The second kappa shape index (κ2) is 6.99. The first kappa shape index (κ1) is 16.9. The molecule has 0 saturated carbocycles. The summed E-state index contributed by atoms with van der Waals surface area (Å²) in [6, 6.07) is 9.13. The number of urea groups is 1. The van der Waals surface area contributed by atoms with Crippen molar-refractivity contribution >= 4 is 29.4 Å². The molecule has 3 saturated heterocycles. The number of aromatic nitrogens is 2. The zero-order valence-corrected chi connectivity index (χ0v) is 14.9. The first-order valence-electron chi connectivity index (χ1n) is 8.71. The number of anilines is 1. The Labute approximate surface area is 156 Å². The van der Waals surface area contributed by atoms with Gasteiger partial charge >= 0.3 is 6.03 Å². The number of piperidine rings is 1. The molecular weight excluding hydrogens is 354 g/mol. The van der Waals surface area contributed by atoms with Crippen molar-refractivity contribution in [2.75, 3.05) is 18.4 Å². The second-order valence-electron chi connectivity index (χ2n) is 6.82. The van der Waals surface area contributed by atoms with Gasteiger partial charge in [0.15, 0.2) is 0 Å². The second-order valence-corrected chi connectivity index (χ2v) is 7.25. The largest absolute Gasteiger partial charge is 0.351 e. The van der Waals surface area contributed by atoms with E-state index in [2.05, 4.69) is 15.7 Å². The highest BCUT2D eigenvalue weighted by molar-refractivity contribution is 6.30. The van der Waals surface area contributed by atoms with Crippen molar-refractivity contribution in [3.05, 3.63) is 47.1 Å². The van der Waals surface area contributed by atoms with Gasteiger partial charge in [0.1, 0.15) is 5.82 Å². The van der Waals surface area contributed by atoms with Gasteiger partial charge in [-0.3, -0.25) is 10.1 Å². The highest BCUT2D eigenvalue weighted by Crippen LogP contribution is 2.23. The SMILES string of the molecule is O=C1N[C@H]2CC[C@@H]1CN(C(=O)Nc1ccnn1Cc1ccc(Cl)cc1)C2. The normalized spacial score (nSPS) is 22.0. The fraction of sp³-hybridized carbons (Fsp3) is 0.389. The molecule has 0 radical (unpaired) electrons. The van der Waals surface area contributed by atoms with Gasteiger partial charge in [-0.05, 0) is 30.5 Å². The van der Waals surface area contributed by atoms with E-state index in [0.717, 1.165) is 18.4 Å². The standard InChI is InChI=1S/C18H20ClN5O2/c19-14-4-1-12(2-5-14)9-24-16(7-8-20-24)22-18(26)23-10-13-3-6-15(11-23)21-17(13)25/h1-2,4-5,7-8,13,15H,3,6,9-11H2,(H,21,25)(H,22,26)/t13-,15+/m1/s1. The van der Waals surface area contributed by atoms with Crippen LogP contribution in [0.3, 0.4) is 0 Å². The monoisotopic (exact) mass is 373 g/mol. The summed E-state index contributed by atoms with van der Waals surface area (Å²) in [6.45, 7) is 1.53. The van der Waals surface area contributed by atoms with Crippen molar-refractivity contribution in [1.82, 2.24) is 20.0 Å². The highest BCUT2D eigenvalue weighted by atomic mass is 35.5. The molecule has 8 heteroatoms. The average molecular weight is 374 g/mol. The van der Waals surface area contributed by atoms with E-state index in [1.165, 1.54) is 0 Å². The van der Waals surface area contributed by atoms with E-state index in [-0.39, 0.29) is 23.9 Å². The average Bonchev–Trinajstić information content (AvgIpc) is 2.85. The topological polar surface area (TPSA) is 79.3 Å². The number of carbonyl (C=O) groups is 2. The Bertz CT molecular complexity index is 819. The molecule has 1 aromatic carbocycles. The van der Waals surface area contributed by atoms with Crippen molar-refractivity contribution in [1.29, 1.82) is 0 Å². The van der Waals surface area contributed by atoms with E-state index in [0.29, 0.717) is 30.5 Å². The minimum atomic E-state index is -0.198. The third-order valence-corrected chi connectivity index (χ3v) is 5.20. The van der Waals surface area contributed by atoms with Crippen LogP contribution in [0.25, 0.3) is 0 Å². The molecule has 2 bridgehead atoms. The Hall–Kier alpha value is -2.54. The van der Waals surface area contributed by atoms with Crippen molar-refractivity contribution in [3.8, 4) is 0 Å². The fourth-order valence-corrected chi connectivity index (χ4v) is 3.65. The van der Waals surface area contributed by atoms with Crippen LogP contribution in [0.15, 0.2) is 36.5 Å². The van der Waals surface area contributed by atoms with Gasteiger partial charge in [0, 0.05) is 30.2 Å². The summed E-state index contributed by atoms with van der Waals surface area (Å²) < 4.78 is 1.73. The van der Waals surface area contributed by atoms with Crippen molar-refractivity contribution in [2.45, 2.75) is 25.4 Å². The molecule has 0 unspecified atom stereocenters. The summed E-state index contributed by atoms with van der Waals surface area (Å²) in [6.07, 6.45) is 3.42. The van der Waals surface area contributed by atoms with Crippen LogP contribution in [0.4, 0.5) is 10.6 Å². The maximum atomic E-state index is 12.7. The fourth-order valence-electron chi connectivity index (χ4n) is 3.52. The smallest absolute Gasteiger partial charge is 0.323 e. The molecule has 5 rings (SSSR count). The number of halogens is 1. The Morgan fingerprint density at radius 2 is 2.04 bits per heavy atom. The van der Waals surface area contributed by atoms with Gasteiger partial charge in [-0.1, -0.05) is 23.7 Å². The number of nitrogens with one attached hydrogen (secondary N) is 2. The molecule has 7 nitrogen and oxygen atoms in total. The molecule has 1 aromatic heterocycles. The van der Waals surface area contributed by atoms with E-state index < -0.39 is 0 Å². The van der Waals surface area contributed by atoms with Gasteiger partial charge in [-0.15, -0.1) is 0 Å². The Morgan fingerprint density at radius 1 is 1.23 bits per heavy atom. The van der Waals surface area contributed by atoms with Crippen LogP contribution in [-0.4, -0.2) is 45.8 Å². The van der Waals surface area contributed by atoms with Gasteiger partial charge in [0.05, 0.1) is 18.7 Å². The zero-order chi connectivity index (χ0) is 18.1. The Balaban J connectivity index is 1.44. The van der Waals surface area contributed by atoms with Crippen molar-refractivity contribution < 1.29 is 9.59 Å². The van der Waals surface area contributed by atoms with Crippen LogP contribution in [0.5, 0.6) is 0 Å². The molecule has 4 heterocycles. The predicted octanol–water partition coefficient (Wildman–Crippen LogP) is 2.33. The van der Waals surface area contributed by atoms with Crippen LogP contribution in [-0.2, 0) is 11.3 Å². The quantitative estimate of drug-likeness (QED) is 0.866. The first-order chi connectivity index (χ1) is 12.6. The molecule has 136 valence electrons. The van der Waals surface area contributed by atoms with E-state index in [1.807, 2.05) is 24.3 Å². The Morgan fingerprint density at radius 3 is 2.81 bits per heavy atom. The number of carbonyl (C=O) groups excluding carboxylic acids is 2. The maximum Gasteiger partial charge on any atom is 0.323 e. The van der Waals surface area contributed by atoms with Crippen LogP contribution in [0, 0.1) is 5.92 Å². The minimum absolute atomic E-state index is 0.0472. The van der Waals surface area contributed by atoms with E-state index in [1.54, 1.807) is 21.8 Å². The number of rotatable bonds is 3. The third-order valence-electron chi connectivity index (χ3n) is 4.95. The lowest BCUT2D eigenvalue weighted by molar-refractivity contribution is -0.126.